The smallest absolute Gasteiger partial charge is 0.305 e. The summed E-state index contributed by atoms with van der Waals surface area (Å²) in [4.78, 5) is 11.7. The first-order valence-electron chi connectivity index (χ1n) is 10.8. The maximum absolute atomic E-state index is 11.7. The predicted octanol–water partition coefficient (Wildman–Crippen LogP) is 2.04. The van der Waals surface area contributed by atoms with Gasteiger partial charge in [-0.2, -0.15) is 0 Å². The quantitative estimate of drug-likeness (QED) is 0.745. The van der Waals surface area contributed by atoms with Crippen molar-refractivity contribution < 1.29 is 33.6 Å². The van der Waals surface area contributed by atoms with Gasteiger partial charge in [-0.25, -0.2) is 0 Å². The lowest BCUT2D eigenvalue weighted by atomic mass is 9.83. The van der Waals surface area contributed by atoms with Crippen molar-refractivity contribution in [3.8, 4) is 0 Å². The molecule has 2 aliphatic carbocycles. The van der Waals surface area contributed by atoms with Gasteiger partial charge in [0.05, 0.1) is 18.6 Å². The maximum atomic E-state index is 11.7. The summed E-state index contributed by atoms with van der Waals surface area (Å²) in [7, 11) is 0. The van der Waals surface area contributed by atoms with Crippen molar-refractivity contribution in [3.05, 3.63) is 0 Å². The molecule has 0 aromatic heterocycles. The van der Waals surface area contributed by atoms with Crippen LogP contribution in [0.15, 0.2) is 0 Å². The molecule has 8 nitrogen and oxygen atoms in total. The molecular weight excluding hydrogens is 366 g/mol. The average Bonchev–Trinajstić information content (AvgIpc) is 3.29. The molecule has 2 saturated carbocycles. The number of hydrogen-bond donors (Lipinski definition) is 2. The van der Waals surface area contributed by atoms with Crippen molar-refractivity contribution in [1.82, 2.24) is 0 Å². The van der Waals surface area contributed by atoms with Gasteiger partial charge in [0, 0.05) is 25.7 Å². The van der Waals surface area contributed by atoms with E-state index < -0.39 is 47.7 Å². The highest BCUT2D eigenvalue weighted by Crippen LogP contribution is 2.51. The molecule has 2 spiro atoms. The van der Waals surface area contributed by atoms with E-state index >= 15 is 0 Å². The Morgan fingerprint density at radius 2 is 1.54 bits per heavy atom. The van der Waals surface area contributed by atoms with E-state index in [9.17, 15) is 9.90 Å². The number of carboxylic acids is 1. The van der Waals surface area contributed by atoms with Crippen molar-refractivity contribution in [2.75, 3.05) is 6.61 Å². The summed E-state index contributed by atoms with van der Waals surface area (Å²) < 4.78 is 31.1. The standard InChI is InChI=1S/C20H31NO7/c21-20(11-14(22)23)15(13-12-24-18(26-13)7-3-1-4-8-18)25-17-16(20)27-19(28-17)9-5-2-6-10-19/h13,15-17H,1-12,21H2,(H,22,23)/t13-,15+,16+,17-,20+/m1/s1. The summed E-state index contributed by atoms with van der Waals surface area (Å²) >= 11 is 0. The van der Waals surface area contributed by atoms with E-state index in [1.807, 2.05) is 0 Å². The lowest BCUT2D eigenvalue weighted by Crippen LogP contribution is -2.61. The van der Waals surface area contributed by atoms with Crippen LogP contribution in [0, 0.1) is 0 Å². The Morgan fingerprint density at radius 1 is 0.893 bits per heavy atom. The first-order valence-corrected chi connectivity index (χ1v) is 10.8. The molecule has 3 aliphatic heterocycles. The van der Waals surface area contributed by atoms with Crippen LogP contribution < -0.4 is 5.73 Å². The number of rotatable bonds is 3. The number of nitrogens with two attached hydrogens (primary N) is 1. The Balaban J connectivity index is 1.36. The van der Waals surface area contributed by atoms with E-state index in [1.165, 1.54) is 6.42 Å². The molecule has 5 aliphatic rings. The third-order valence-electron chi connectivity index (χ3n) is 7.16. The van der Waals surface area contributed by atoms with E-state index in [-0.39, 0.29) is 6.42 Å². The maximum Gasteiger partial charge on any atom is 0.305 e. The van der Waals surface area contributed by atoms with E-state index in [4.69, 9.17) is 29.4 Å². The molecule has 158 valence electrons. The average molecular weight is 397 g/mol. The predicted molar refractivity (Wildman–Crippen MR) is 96.2 cm³/mol. The van der Waals surface area contributed by atoms with Crippen LogP contribution in [0.2, 0.25) is 0 Å². The van der Waals surface area contributed by atoms with E-state index in [0.717, 1.165) is 57.8 Å². The van der Waals surface area contributed by atoms with Crippen LogP contribution in [-0.4, -0.2) is 59.4 Å². The first kappa shape index (κ1) is 19.2. The molecule has 0 bridgehead atoms. The Morgan fingerprint density at radius 3 is 2.18 bits per heavy atom. The number of aliphatic carboxylic acids is 1. The van der Waals surface area contributed by atoms with Gasteiger partial charge in [-0.15, -0.1) is 0 Å². The third-order valence-corrected chi connectivity index (χ3v) is 7.16. The molecule has 0 aromatic rings. The van der Waals surface area contributed by atoms with Gasteiger partial charge in [0.15, 0.2) is 17.9 Å². The molecule has 3 N–H and O–H groups in total. The summed E-state index contributed by atoms with van der Waals surface area (Å²) in [6.45, 7) is 0.355. The molecule has 3 saturated heterocycles. The summed E-state index contributed by atoms with van der Waals surface area (Å²) in [5, 5.41) is 9.56. The van der Waals surface area contributed by atoms with Gasteiger partial charge in [0.25, 0.3) is 0 Å². The number of fused-ring (bicyclic) bond motifs is 1. The fourth-order valence-electron chi connectivity index (χ4n) is 5.79. The van der Waals surface area contributed by atoms with Crippen LogP contribution in [-0.2, 0) is 28.5 Å². The van der Waals surface area contributed by atoms with Gasteiger partial charge in [-0.05, 0) is 25.7 Å². The van der Waals surface area contributed by atoms with E-state index in [2.05, 4.69) is 0 Å². The zero-order chi connectivity index (χ0) is 19.4. The van der Waals surface area contributed by atoms with Crippen molar-refractivity contribution in [2.45, 2.75) is 112 Å². The first-order chi connectivity index (χ1) is 13.4. The molecular formula is C20H31NO7. The number of ether oxygens (including phenoxy) is 5. The van der Waals surface area contributed by atoms with E-state index in [0.29, 0.717) is 6.61 Å². The summed E-state index contributed by atoms with van der Waals surface area (Å²) in [5.41, 5.74) is 5.51. The molecule has 5 atom stereocenters. The van der Waals surface area contributed by atoms with Gasteiger partial charge in [0.1, 0.15) is 18.3 Å². The molecule has 28 heavy (non-hydrogen) atoms. The van der Waals surface area contributed by atoms with Crippen molar-refractivity contribution in [3.63, 3.8) is 0 Å². The SMILES string of the molecule is N[C@]1(CC(=O)O)[C@H]2OC3(CCCCC3)O[C@H]2O[C@H]1[C@H]1COC2(CCCCC2)O1. The zero-order valence-electron chi connectivity index (χ0n) is 16.3. The Hall–Kier alpha value is -0.770. The van der Waals surface area contributed by atoms with Crippen LogP contribution in [0.1, 0.15) is 70.6 Å². The molecule has 0 radical (unpaired) electrons. The molecule has 0 aromatic carbocycles. The van der Waals surface area contributed by atoms with Gasteiger partial charge in [-0.1, -0.05) is 12.8 Å². The fraction of sp³-hybridized carbons (Fsp3) is 0.950. The molecule has 5 fully saturated rings. The third kappa shape index (κ3) is 3.09. The highest BCUT2D eigenvalue weighted by molar-refractivity contribution is 5.69. The second-order valence-electron chi connectivity index (χ2n) is 9.17. The topological polar surface area (TPSA) is 109 Å². The van der Waals surface area contributed by atoms with Crippen molar-refractivity contribution >= 4 is 5.97 Å². The van der Waals surface area contributed by atoms with Crippen LogP contribution >= 0.6 is 0 Å². The zero-order valence-corrected chi connectivity index (χ0v) is 16.3. The van der Waals surface area contributed by atoms with Crippen LogP contribution in [0.5, 0.6) is 0 Å². The highest BCUT2D eigenvalue weighted by atomic mass is 16.8. The highest BCUT2D eigenvalue weighted by Gasteiger charge is 2.67. The molecule has 5 rings (SSSR count). The monoisotopic (exact) mass is 397 g/mol. The Labute approximate surface area is 165 Å². The van der Waals surface area contributed by atoms with E-state index in [1.54, 1.807) is 0 Å². The van der Waals surface area contributed by atoms with Crippen molar-refractivity contribution in [2.24, 2.45) is 5.73 Å². The molecule has 8 heteroatoms. The second-order valence-corrected chi connectivity index (χ2v) is 9.17. The fourth-order valence-corrected chi connectivity index (χ4v) is 5.79. The molecule has 0 amide bonds. The van der Waals surface area contributed by atoms with Crippen LogP contribution in [0.25, 0.3) is 0 Å². The number of carbonyl (C=O) groups is 1. The van der Waals surface area contributed by atoms with Gasteiger partial charge < -0.3 is 34.5 Å². The van der Waals surface area contributed by atoms with Gasteiger partial charge in [0.2, 0.25) is 0 Å². The van der Waals surface area contributed by atoms with Crippen LogP contribution in [0.4, 0.5) is 0 Å². The number of carboxylic acid groups (broad SMARTS) is 1. The minimum atomic E-state index is -1.22. The normalized spacial score (nSPS) is 44.2. The summed E-state index contributed by atoms with van der Waals surface area (Å²) in [5.74, 6) is -2.23. The van der Waals surface area contributed by atoms with Crippen molar-refractivity contribution in [1.29, 1.82) is 0 Å². The Kier molecular flexibility index (Phi) is 4.73. The van der Waals surface area contributed by atoms with Gasteiger partial charge in [-0.3, -0.25) is 4.79 Å². The number of hydrogen-bond acceptors (Lipinski definition) is 7. The Bertz CT molecular complexity index is 616. The molecule has 3 heterocycles. The van der Waals surface area contributed by atoms with Gasteiger partial charge >= 0.3 is 5.97 Å². The van der Waals surface area contributed by atoms with Crippen LogP contribution in [0.3, 0.4) is 0 Å². The lowest BCUT2D eigenvalue weighted by Gasteiger charge is -2.39. The molecule has 0 unspecified atom stereocenters. The summed E-state index contributed by atoms with van der Waals surface area (Å²) in [6.07, 6.45) is 7.27. The lowest BCUT2D eigenvalue weighted by molar-refractivity contribution is -0.257. The second kappa shape index (κ2) is 6.89. The minimum Gasteiger partial charge on any atom is -0.481 e. The summed E-state index contributed by atoms with van der Waals surface area (Å²) in [6, 6.07) is 0. The largest absolute Gasteiger partial charge is 0.481 e. The minimum absolute atomic E-state index is 0.259.